The summed E-state index contributed by atoms with van der Waals surface area (Å²) in [6.07, 6.45) is 5.59. The Labute approximate surface area is 227 Å². The van der Waals surface area contributed by atoms with Crippen LogP contribution in [0.2, 0.25) is 0 Å². The van der Waals surface area contributed by atoms with E-state index in [9.17, 15) is 19.2 Å². The fourth-order valence-corrected chi connectivity index (χ4v) is 7.44. The van der Waals surface area contributed by atoms with Gasteiger partial charge in [0.05, 0.1) is 24.5 Å². The van der Waals surface area contributed by atoms with Crippen LogP contribution in [0.25, 0.3) is 0 Å². The van der Waals surface area contributed by atoms with Crippen molar-refractivity contribution >= 4 is 23.9 Å². The van der Waals surface area contributed by atoms with Gasteiger partial charge >= 0.3 is 23.9 Å². The van der Waals surface area contributed by atoms with E-state index < -0.39 is 58.9 Å². The number of carbonyl (C=O) groups excluding carboxylic acids is 4. The summed E-state index contributed by atoms with van der Waals surface area (Å²) >= 11 is 0. The Morgan fingerprint density at radius 2 is 1.92 bits per heavy atom. The molecule has 4 fully saturated rings. The highest BCUT2D eigenvalue weighted by atomic mass is 16.6. The number of allylic oxidation sites excluding steroid dienone is 2. The maximum atomic E-state index is 13.9. The Kier molecular flexibility index (Phi) is 6.97. The molecular weight excluding hydrogens is 504 g/mol. The van der Waals surface area contributed by atoms with Crippen LogP contribution >= 0.6 is 0 Å². The van der Waals surface area contributed by atoms with Gasteiger partial charge in [-0.05, 0) is 64.9 Å². The monoisotopic (exact) mass is 540 g/mol. The summed E-state index contributed by atoms with van der Waals surface area (Å²) in [4.78, 5) is 53.1. The highest BCUT2D eigenvalue weighted by Gasteiger charge is 2.74. The molecule has 4 aliphatic rings. The molecule has 0 amide bonds. The number of carbonyl (C=O) groups is 4. The largest absolute Gasteiger partial charge is 0.472 e. The van der Waals surface area contributed by atoms with Gasteiger partial charge in [0.2, 0.25) is 0 Å². The van der Waals surface area contributed by atoms with Gasteiger partial charge in [-0.1, -0.05) is 18.6 Å². The average molecular weight is 541 g/mol. The van der Waals surface area contributed by atoms with Crippen molar-refractivity contribution in [3.05, 3.63) is 47.5 Å². The van der Waals surface area contributed by atoms with Crippen LogP contribution in [-0.2, 0) is 38.1 Å². The van der Waals surface area contributed by atoms with Crippen molar-refractivity contribution in [1.82, 2.24) is 0 Å². The van der Waals surface area contributed by atoms with Crippen LogP contribution in [0.15, 0.2) is 46.3 Å². The van der Waals surface area contributed by atoms with Crippen LogP contribution in [0.3, 0.4) is 0 Å². The topological polar surface area (TPSA) is 118 Å². The van der Waals surface area contributed by atoms with Crippen LogP contribution in [0.4, 0.5) is 0 Å². The van der Waals surface area contributed by atoms with E-state index in [2.05, 4.69) is 0 Å². The minimum atomic E-state index is -1.04. The van der Waals surface area contributed by atoms with Gasteiger partial charge in [0.1, 0.15) is 18.1 Å². The molecule has 210 valence electrons. The molecule has 39 heavy (non-hydrogen) atoms. The molecule has 0 N–H and O–H groups in total. The predicted octanol–water partition coefficient (Wildman–Crippen LogP) is 4.62. The van der Waals surface area contributed by atoms with Gasteiger partial charge < -0.3 is 23.4 Å². The molecule has 3 heterocycles. The maximum Gasteiger partial charge on any atom is 0.333 e. The molecule has 2 saturated heterocycles. The maximum absolute atomic E-state index is 13.9. The third-order valence-corrected chi connectivity index (χ3v) is 9.50. The first kappa shape index (κ1) is 27.2. The Hall–Kier alpha value is -3.36. The number of hydrogen-bond acceptors (Lipinski definition) is 9. The standard InChI is InChI=1S/C30H36O9/c1-6-17(4)26(32)39-25-20(37-23(31)11-16(2)3)12-22-29(15-36-27(33)24(25)29)9-7-18(5)30(22)13-21(38-28(30)34)19-8-10-35-14-19/h6,8,10-11,14,18,20-22,24-25H,7,9,12-13,15H2,1-5H3/t18-,20-,21-,22+,24+,25-,29+,30-/m1/s1. The number of esters is 4. The molecule has 2 aliphatic heterocycles. The second kappa shape index (κ2) is 9.99. The molecule has 5 rings (SSSR count). The summed E-state index contributed by atoms with van der Waals surface area (Å²) in [6.45, 7) is 9.06. The summed E-state index contributed by atoms with van der Waals surface area (Å²) in [5.41, 5.74) is 0.208. The number of fused-ring (bicyclic) bond motifs is 1. The number of rotatable bonds is 5. The number of ether oxygens (including phenoxy) is 4. The molecule has 8 atom stereocenters. The van der Waals surface area contributed by atoms with Gasteiger partial charge in [0.15, 0.2) is 6.10 Å². The molecule has 1 aromatic rings. The van der Waals surface area contributed by atoms with Crippen molar-refractivity contribution in [3.8, 4) is 0 Å². The average Bonchev–Trinajstić information content (AvgIpc) is 3.61. The minimum absolute atomic E-state index is 0.0487. The van der Waals surface area contributed by atoms with Gasteiger partial charge in [-0.15, -0.1) is 0 Å². The molecular formula is C30H36O9. The van der Waals surface area contributed by atoms with Crippen LogP contribution < -0.4 is 0 Å². The summed E-state index contributed by atoms with van der Waals surface area (Å²) in [5.74, 6) is -3.31. The van der Waals surface area contributed by atoms with E-state index in [4.69, 9.17) is 23.4 Å². The smallest absolute Gasteiger partial charge is 0.333 e. The summed E-state index contributed by atoms with van der Waals surface area (Å²) < 4.78 is 28.8. The summed E-state index contributed by atoms with van der Waals surface area (Å²) in [7, 11) is 0. The molecule has 2 spiro atoms. The van der Waals surface area contributed by atoms with Crippen LogP contribution in [0.1, 0.15) is 72.0 Å². The lowest BCUT2D eigenvalue weighted by atomic mass is 9.43. The van der Waals surface area contributed by atoms with Crippen molar-refractivity contribution in [2.45, 2.75) is 78.6 Å². The van der Waals surface area contributed by atoms with Gasteiger partial charge in [0, 0.05) is 29.0 Å². The third kappa shape index (κ3) is 4.30. The van der Waals surface area contributed by atoms with Crippen molar-refractivity contribution in [3.63, 3.8) is 0 Å². The zero-order chi connectivity index (χ0) is 28.1. The van der Waals surface area contributed by atoms with E-state index in [1.807, 2.05) is 6.92 Å². The van der Waals surface area contributed by atoms with Crippen LogP contribution in [-0.4, -0.2) is 42.7 Å². The lowest BCUT2D eigenvalue weighted by Crippen LogP contribution is -2.64. The van der Waals surface area contributed by atoms with Crippen molar-refractivity contribution in [1.29, 1.82) is 0 Å². The van der Waals surface area contributed by atoms with E-state index in [0.29, 0.717) is 24.8 Å². The minimum Gasteiger partial charge on any atom is -0.472 e. The lowest BCUT2D eigenvalue weighted by Gasteiger charge is -2.58. The number of cyclic esters (lactones) is 2. The molecule has 9 heteroatoms. The van der Waals surface area contributed by atoms with Crippen LogP contribution in [0.5, 0.6) is 0 Å². The molecule has 0 radical (unpaired) electrons. The molecule has 2 saturated carbocycles. The molecule has 2 aliphatic carbocycles. The highest BCUT2D eigenvalue weighted by molar-refractivity contribution is 5.89. The number of hydrogen-bond donors (Lipinski definition) is 0. The number of furan rings is 1. The second-order valence-electron chi connectivity index (χ2n) is 11.8. The van der Waals surface area contributed by atoms with Crippen molar-refractivity contribution < 1.29 is 42.5 Å². The summed E-state index contributed by atoms with van der Waals surface area (Å²) in [5, 5.41) is 0. The molecule has 0 aromatic carbocycles. The zero-order valence-corrected chi connectivity index (χ0v) is 23.1. The van der Waals surface area contributed by atoms with E-state index >= 15 is 0 Å². The molecule has 0 bridgehead atoms. The van der Waals surface area contributed by atoms with Crippen molar-refractivity contribution in [2.75, 3.05) is 6.61 Å². The van der Waals surface area contributed by atoms with Gasteiger partial charge in [0.25, 0.3) is 0 Å². The van der Waals surface area contributed by atoms with Gasteiger partial charge in [-0.25, -0.2) is 9.59 Å². The zero-order valence-electron chi connectivity index (χ0n) is 23.1. The van der Waals surface area contributed by atoms with Gasteiger partial charge in [-0.3, -0.25) is 9.59 Å². The third-order valence-electron chi connectivity index (χ3n) is 9.50. The van der Waals surface area contributed by atoms with E-state index in [0.717, 1.165) is 11.1 Å². The molecule has 9 nitrogen and oxygen atoms in total. The first-order valence-electron chi connectivity index (χ1n) is 13.6. The summed E-state index contributed by atoms with van der Waals surface area (Å²) in [6, 6.07) is 1.79. The quantitative estimate of drug-likeness (QED) is 0.299. The first-order valence-corrected chi connectivity index (χ1v) is 13.6. The van der Waals surface area contributed by atoms with E-state index in [1.165, 1.54) is 6.08 Å². The predicted molar refractivity (Wildman–Crippen MR) is 137 cm³/mol. The van der Waals surface area contributed by atoms with E-state index in [1.54, 1.807) is 52.4 Å². The molecule has 0 unspecified atom stereocenters. The fourth-order valence-electron chi connectivity index (χ4n) is 7.44. The van der Waals surface area contributed by atoms with Crippen LogP contribution in [0, 0.1) is 28.6 Å². The normalized spacial score (nSPS) is 37.4. The Balaban J connectivity index is 1.59. The SMILES string of the molecule is CC=C(C)C(=O)O[C@H]1[C@H]2C(=O)OC[C@]23CC[C@@H](C)[C@]2(C[C@H](c4ccoc4)OC2=O)[C@H]3C[C@H]1OC(=O)C=C(C)C. The lowest BCUT2D eigenvalue weighted by molar-refractivity contribution is -0.210. The highest BCUT2D eigenvalue weighted by Crippen LogP contribution is 2.68. The van der Waals surface area contributed by atoms with E-state index in [-0.39, 0.29) is 24.9 Å². The second-order valence-corrected chi connectivity index (χ2v) is 11.8. The first-order chi connectivity index (χ1) is 18.5. The van der Waals surface area contributed by atoms with Crippen molar-refractivity contribution in [2.24, 2.45) is 28.6 Å². The molecule has 1 aromatic heterocycles. The Morgan fingerprint density at radius 1 is 1.15 bits per heavy atom. The Bertz CT molecular complexity index is 1220. The Morgan fingerprint density at radius 3 is 2.59 bits per heavy atom. The van der Waals surface area contributed by atoms with Gasteiger partial charge in [-0.2, -0.15) is 0 Å². The fraction of sp³-hybridized carbons (Fsp3) is 0.600.